The Morgan fingerprint density at radius 1 is 1.73 bits per heavy atom. The Balaban J connectivity index is 2.33. The van der Waals surface area contributed by atoms with Gasteiger partial charge in [-0.3, -0.25) is 4.52 Å². The molecule has 1 aliphatic heterocycles. The van der Waals surface area contributed by atoms with Crippen molar-refractivity contribution in [3.05, 3.63) is 12.3 Å². The minimum atomic E-state index is -3.25. The van der Waals surface area contributed by atoms with Gasteiger partial charge in [0.15, 0.2) is 6.26 Å². The van der Waals surface area contributed by atoms with Gasteiger partial charge in [0, 0.05) is 0 Å². The van der Waals surface area contributed by atoms with Gasteiger partial charge in [-0.25, -0.2) is 4.79 Å². The molecule has 0 amide bonds. The van der Waals surface area contributed by atoms with Crippen LogP contribution < -0.4 is 0 Å². The zero-order valence-corrected chi connectivity index (χ0v) is 9.48. The van der Waals surface area contributed by atoms with Crippen molar-refractivity contribution in [2.45, 2.75) is 20.0 Å². The van der Waals surface area contributed by atoms with Crippen molar-refractivity contribution in [2.24, 2.45) is 0 Å². The summed E-state index contributed by atoms with van der Waals surface area (Å²) in [4.78, 5) is 20.4. The number of esters is 1. The molecule has 0 aromatic carbocycles. The minimum absolute atomic E-state index is 0.209. The molecule has 1 heterocycles. The van der Waals surface area contributed by atoms with Crippen molar-refractivity contribution >= 4 is 14.1 Å². The molecule has 2 unspecified atom stereocenters. The highest BCUT2D eigenvalue weighted by molar-refractivity contribution is 7.55. The van der Waals surface area contributed by atoms with E-state index in [1.807, 2.05) is 0 Å². The summed E-state index contributed by atoms with van der Waals surface area (Å²) in [5.74, 6) is -0.545. The van der Waals surface area contributed by atoms with Gasteiger partial charge in [-0.1, -0.05) is 0 Å². The van der Waals surface area contributed by atoms with E-state index in [2.05, 4.69) is 4.74 Å². The molecule has 2 atom stereocenters. The van der Waals surface area contributed by atoms with Gasteiger partial charge >= 0.3 is 14.1 Å². The molecule has 15 heavy (non-hydrogen) atoms. The maximum atomic E-state index is 10.8. The first-order chi connectivity index (χ1) is 7.06. The number of ether oxygens (including phenoxy) is 1. The fourth-order valence-electron chi connectivity index (χ4n) is 0.896. The minimum Gasteiger partial charge on any atom is -0.463 e. The topological polar surface area (TPSA) is 74.2 Å². The van der Waals surface area contributed by atoms with Crippen molar-refractivity contribution in [2.75, 3.05) is 13.2 Å². The quantitative estimate of drug-likeness (QED) is 0.342. The van der Waals surface area contributed by atoms with Crippen LogP contribution in [0.2, 0.25) is 0 Å². The summed E-state index contributed by atoms with van der Waals surface area (Å²) >= 11 is 0. The molecule has 0 saturated carbocycles. The van der Waals surface area contributed by atoms with Crippen LogP contribution in [0.4, 0.5) is 0 Å². The summed E-state index contributed by atoms with van der Waals surface area (Å²) in [5, 5.41) is 0. The molecule has 0 radical (unpaired) electrons. The second kappa shape index (κ2) is 5.42. The average molecular weight is 237 g/mol. The van der Waals surface area contributed by atoms with Crippen LogP contribution in [0, 0.1) is 0 Å². The molecule has 0 aromatic heterocycles. The first kappa shape index (κ1) is 12.4. The van der Waals surface area contributed by atoms with Crippen molar-refractivity contribution in [1.82, 2.24) is 0 Å². The number of carbonyl (C=O) groups excluding carboxylic acids is 1. The molecule has 0 bridgehead atoms. The van der Waals surface area contributed by atoms with Crippen molar-refractivity contribution in [3.8, 4) is 0 Å². The predicted octanol–water partition coefficient (Wildman–Crippen LogP) is 1.19. The average Bonchev–Trinajstić information content (AvgIpc) is 2.47. The smallest absolute Gasteiger partial charge is 0.463 e. The second-order valence-electron chi connectivity index (χ2n) is 2.84. The predicted molar refractivity (Wildman–Crippen MR) is 52.5 cm³/mol. The van der Waals surface area contributed by atoms with E-state index in [1.165, 1.54) is 0 Å². The maximum Gasteiger partial charge on any atom is 0.618 e. The van der Waals surface area contributed by atoms with Gasteiger partial charge in [0.05, 0.1) is 12.7 Å². The lowest BCUT2D eigenvalue weighted by molar-refractivity contribution is -0.137. The van der Waals surface area contributed by atoms with Crippen LogP contribution in [0.3, 0.4) is 0 Å². The van der Waals surface area contributed by atoms with E-state index >= 15 is 0 Å². The van der Waals surface area contributed by atoms with Crippen LogP contribution in [0.25, 0.3) is 0 Å². The molecule has 1 N–H and O–H groups in total. The normalized spacial score (nSPS) is 30.7. The Kier molecular flexibility index (Phi) is 4.47. The van der Waals surface area contributed by atoms with Crippen molar-refractivity contribution < 1.29 is 28.0 Å². The first-order valence-corrected chi connectivity index (χ1v) is 6.01. The maximum absolute atomic E-state index is 10.8. The van der Waals surface area contributed by atoms with Crippen molar-refractivity contribution in [1.29, 1.82) is 0 Å². The van der Waals surface area contributed by atoms with Crippen LogP contribution >= 0.6 is 8.17 Å². The third-order valence-electron chi connectivity index (χ3n) is 1.47. The van der Waals surface area contributed by atoms with Gasteiger partial charge in [-0.15, -0.1) is 9.05 Å². The third-order valence-corrected chi connectivity index (χ3v) is 2.96. The molecule has 1 rings (SSSR count). The largest absolute Gasteiger partial charge is 0.618 e. The van der Waals surface area contributed by atoms with Crippen LogP contribution in [0.1, 0.15) is 13.8 Å². The lowest BCUT2D eigenvalue weighted by atomic mass is 10.5. The SMILES string of the molecule is CCOC(=O)C=CO[P+]1(O)OCC(C)O1. The molecule has 0 spiro atoms. The zero-order valence-electron chi connectivity index (χ0n) is 8.58. The monoisotopic (exact) mass is 237 g/mol. The molecule has 1 saturated heterocycles. The molecule has 0 aliphatic carbocycles. The molecular weight excluding hydrogens is 223 g/mol. The fraction of sp³-hybridized carbons (Fsp3) is 0.625. The molecular formula is C8H14O6P+. The van der Waals surface area contributed by atoms with Gasteiger partial charge in [0.25, 0.3) is 0 Å². The first-order valence-electron chi connectivity index (χ1n) is 4.52. The molecule has 6 nitrogen and oxygen atoms in total. The summed E-state index contributed by atoms with van der Waals surface area (Å²) in [6.45, 7) is 4.00. The van der Waals surface area contributed by atoms with Gasteiger partial charge < -0.3 is 4.74 Å². The van der Waals surface area contributed by atoms with Gasteiger partial charge in [-0.2, -0.15) is 4.89 Å². The summed E-state index contributed by atoms with van der Waals surface area (Å²) in [6, 6.07) is 0. The summed E-state index contributed by atoms with van der Waals surface area (Å²) in [7, 11) is -3.25. The van der Waals surface area contributed by atoms with E-state index in [-0.39, 0.29) is 19.3 Å². The molecule has 1 aliphatic rings. The van der Waals surface area contributed by atoms with E-state index in [4.69, 9.17) is 13.6 Å². The number of rotatable bonds is 4. The fourth-order valence-corrected chi connectivity index (χ4v) is 2.20. The lowest BCUT2D eigenvalue weighted by Crippen LogP contribution is -2.01. The number of hydrogen-bond acceptors (Lipinski definition) is 6. The second-order valence-corrected chi connectivity index (χ2v) is 4.46. The van der Waals surface area contributed by atoms with Crippen molar-refractivity contribution in [3.63, 3.8) is 0 Å². The Morgan fingerprint density at radius 3 is 3.00 bits per heavy atom. The number of carbonyl (C=O) groups is 1. The third kappa shape index (κ3) is 4.13. The van der Waals surface area contributed by atoms with E-state index in [0.29, 0.717) is 0 Å². The highest BCUT2D eigenvalue weighted by Crippen LogP contribution is 2.62. The summed E-state index contributed by atoms with van der Waals surface area (Å²) in [5.41, 5.74) is 0. The van der Waals surface area contributed by atoms with Crippen LogP contribution in [-0.2, 0) is 23.1 Å². The van der Waals surface area contributed by atoms with Gasteiger partial charge in [-0.05, 0) is 13.8 Å². The Morgan fingerprint density at radius 2 is 2.47 bits per heavy atom. The van der Waals surface area contributed by atoms with Crippen LogP contribution in [0.15, 0.2) is 12.3 Å². The van der Waals surface area contributed by atoms with E-state index in [0.717, 1.165) is 12.3 Å². The number of hydrogen-bond donors (Lipinski definition) is 1. The highest BCUT2D eigenvalue weighted by atomic mass is 31.2. The highest BCUT2D eigenvalue weighted by Gasteiger charge is 2.53. The van der Waals surface area contributed by atoms with Crippen LogP contribution in [0.5, 0.6) is 0 Å². The summed E-state index contributed by atoms with van der Waals surface area (Å²) < 4.78 is 19.3. The van der Waals surface area contributed by atoms with Gasteiger partial charge in [0.2, 0.25) is 0 Å². The standard InChI is InChI=1S/C8H14O6P/c1-3-11-8(9)4-5-12-15(10)13-6-7(2)14-15/h4-5,7,10H,3,6H2,1-2H3/q+1. The Labute approximate surface area is 88.4 Å². The molecule has 0 aromatic rings. The Bertz CT molecular complexity index is 256. The molecule has 7 heteroatoms. The van der Waals surface area contributed by atoms with E-state index < -0.39 is 14.1 Å². The molecule has 1 fully saturated rings. The van der Waals surface area contributed by atoms with E-state index in [1.54, 1.807) is 13.8 Å². The molecule has 86 valence electrons. The zero-order chi connectivity index (χ0) is 11.3. The lowest BCUT2D eigenvalue weighted by Gasteiger charge is -2.04. The van der Waals surface area contributed by atoms with Crippen LogP contribution in [-0.4, -0.2) is 30.2 Å². The van der Waals surface area contributed by atoms with E-state index in [9.17, 15) is 9.69 Å². The van der Waals surface area contributed by atoms with Gasteiger partial charge in [0.1, 0.15) is 12.7 Å². The Hall–Kier alpha value is -0.680. The summed E-state index contributed by atoms with van der Waals surface area (Å²) in [6.07, 6.45) is 1.86.